The van der Waals surface area contributed by atoms with Crippen LogP contribution in [0.3, 0.4) is 0 Å². The molecule has 0 amide bonds. The molecule has 5 heteroatoms. The minimum absolute atomic E-state index is 0.0762. The van der Waals surface area contributed by atoms with Crippen LogP contribution in [0, 0.1) is 0 Å². The maximum Gasteiger partial charge on any atom is 0.267 e. The maximum atomic E-state index is 12.4. The average Bonchev–Trinajstić information content (AvgIpc) is 3.22. The van der Waals surface area contributed by atoms with Gasteiger partial charge in [0.1, 0.15) is 0 Å². The second kappa shape index (κ2) is 6.60. The maximum absolute atomic E-state index is 12.4. The van der Waals surface area contributed by atoms with Gasteiger partial charge >= 0.3 is 0 Å². The highest BCUT2D eigenvalue weighted by atomic mass is 16.3. The van der Waals surface area contributed by atoms with Crippen molar-refractivity contribution in [2.45, 2.75) is 88.3 Å². The summed E-state index contributed by atoms with van der Waals surface area (Å²) in [6.45, 7) is 0.722. The molecule has 24 heavy (non-hydrogen) atoms. The van der Waals surface area contributed by atoms with Crippen LogP contribution in [0.15, 0.2) is 10.9 Å². The molecule has 2 saturated carbocycles. The molecule has 0 bridgehead atoms. The first kappa shape index (κ1) is 16.3. The van der Waals surface area contributed by atoms with Gasteiger partial charge in [-0.3, -0.25) is 4.79 Å². The van der Waals surface area contributed by atoms with Crippen LogP contribution in [0.4, 0.5) is 0 Å². The van der Waals surface area contributed by atoms with Gasteiger partial charge in [0.15, 0.2) is 0 Å². The van der Waals surface area contributed by atoms with Crippen LogP contribution in [0.2, 0.25) is 0 Å². The molecule has 3 aliphatic carbocycles. The van der Waals surface area contributed by atoms with E-state index in [1.165, 1.54) is 0 Å². The van der Waals surface area contributed by atoms with Crippen molar-refractivity contribution >= 4 is 0 Å². The molecule has 0 saturated heterocycles. The third-order valence-corrected chi connectivity index (χ3v) is 6.28. The van der Waals surface area contributed by atoms with E-state index < -0.39 is 5.60 Å². The van der Waals surface area contributed by atoms with Gasteiger partial charge in [0.2, 0.25) is 0 Å². The fraction of sp³-hybridized carbons (Fsp3) is 0.789. The zero-order valence-electron chi connectivity index (χ0n) is 14.5. The van der Waals surface area contributed by atoms with Gasteiger partial charge in [0.25, 0.3) is 5.56 Å². The molecule has 2 fully saturated rings. The van der Waals surface area contributed by atoms with E-state index in [4.69, 9.17) is 0 Å². The number of fused-ring (bicyclic) bond motifs is 1. The van der Waals surface area contributed by atoms with Gasteiger partial charge < -0.3 is 10.4 Å². The molecule has 2 N–H and O–H groups in total. The average molecular weight is 331 g/mol. The SMILES string of the molecule is O=c1cc2c(nn1C1CCC(NCC3(O)CCCC3)CC1)CCC2. The Balaban J connectivity index is 1.34. The number of aromatic nitrogens is 2. The number of hydrogen-bond donors (Lipinski definition) is 2. The largest absolute Gasteiger partial charge is 0.389 e. The molecular formula is C19H29N3O2. The smallest absolute Gasteiger partial charge is 0.267 e. The number of nitrogens with zero attached hydrogens (tertiary/aromatic N) is 2. The Kier molecular flexibility index (Phi) is 4.48. The van der Waals surface area contributed by atoms with Gasteiger partial charge in [-0.2, -0.15) is 5.10 Å². The Labute approximate surface area is 143 Å². The molecule has 0 atom stereocenters. The molecule has 4 rings (SSSR count). The zero-order chi connectivity index (χ0) is 16.6. The van der Waals surface area contributed by atoms with E-state index >= 15 is 0 Å². The fourth-order valence-corrected chi connectivity index (χ4v) is 4.75. The Morgan fingerprint density at radius 2 is 1.92 bits per heavy atom. The van der Waals surface area contributed by atoms with E-state index in [0.29, 0.717) is 6.04 Å². The van der Waals surface area contributed by atoms with E-state index in [1.807, 2.05) is 6.07 Å². The van der Waals surface area contributed by atoms with Crippen molar-refractivity contribution in [3.05, 3.63) is 27.7 Å². The van der Waals surface area contributed by atoms with E-state index in [0.717, 1.165) is 88.4 Å². The normalized spacial score (nSPS) is 28.9. The summed E-state index contributed by atoms with van der Waals surface area (Å²) in [5.41, 5.74) is 1.90. The minimum Gasteiger partial charge on any atom is -0.389 e. The van der Waals surface area contributed by atoms with Gasteiger partial charge in [0.05, 0.1) is 17.3 Å². The standard InChI is InChI=1S/C19H29N3O2/c23-18-12-14-4-3-5-17(14)21-22(18)16-8-6-15(7-9-16)20-13-19(24)10-1-2-11-19/h12,15-16,20,24H,1-11,13H2. The highest BCUT2D eigenvalue weighted by molar-refractivity contribution is 5.22. The van der Waals surface area contributed by atoms with Gasteiger partial charge in [-0.15, -0.1) is 0 Å². The summed E-state index contributed by atoms with van der Waals surface area (Å²) in [5, 5.41) is 18.7. The van der Waals surface area contributed by atoms with Gasteiger partial charge in [-0.25, -0.2) is 4.68 Å². The summed E-state index contributed by atoms with van der Waals surface area (Å²) in [6, 6.07) is 2.53. The van der Waals surface area contributed by atoms with Crippen LogP contribution in [0.5, 0.6) is 0 Å². The first-order chi connectivity index (χ1) is 11.6. The van der Waals surface area contributed by atoms with Crippen LogP contribution in [-0.4, -0.2) is 33.1 Å². The highest BCUT2D eigenvalue weighted by Crippen LogP contribution is 2.31. The Bertz CT molecular complexity index is 641. The molecule has 0 spiro atoms. The quantitative estimate of drug-likeness (QED) is 0.887. The lowest BCUT2D eigenvalue weighted by molar-refractivity contribution is 0.0427. The number of aliphatic hydroxyl groups is 1. The monoisotopic (exact) mass is 331 g/mol. The Morgan fingerprint density at radius 3 is 2.67 bits per heavy atom. The van der Waals surface area contributed by atoms with Gasteiger partial charge in [0, 0.05) is 18.7 Å². The molecule has 0 radical (unpaired) electrons. The lowest BCUT2D eigenvalue weighted by Gasteiger charge is -2.32. The van der Waals surface area contributed by atoms with E-state index in [-0.39, 0.29) is 11.6 Å². The van der Waals surface area contributed by atoms with Crippen LogP contribution >= 0.6 is 0 Å². The molecule has 1 heterocycles. The lowest BCUT2D eigenvalue weighted by atomic mass is 9.90. The summed E-state index contributed by atoms with van der Waals surface area (Å²) in [6.07, 6.45) is 11.5. The van der Waals surface area contributed by atoms with Crippen molar-refractivity contribution in [2.24, 2.45) is 0 Å². The van der Waals surface area contributed by atoms with Crippen molar-refractivity contribution in [1.82, 2.24) is 15.1 Å². The van der Waals surface area contributed by atoms with Crippen LogP contribution in [0.25, 0.3) is 0 Å². The third-order valence-electron chi connectivity index (χ3n) is 6.28. The number of rotatable bonds is 4. The van der Waals surface area contributed by atoms with Crippen molar-refractivity contribution < 1.29 is 5.11 Å². The van der Waals surface area contributed by atoms with E-state index in [2.05, 4.69) is 10.4 Å². The summed E-state index contributed by atoms with van der Waals surface area (Å²) < 4.78 is 1.75. The number of hydrogen-bond acceptors (Lipinski definition) is 4. The van der Waals surface area contributed by atoms with Crippen LogP contribution in [-0.2, 0) is 12.8 Å². The lowest BCUT2D eigenvalue weighted by Crippen LogP contribution is -2.44. The molecule has 5 nitrogen and oxygen atoms in total. The summed E-state index contributed by atoms with van der Waals surface area (Å²) in [5.74, 6) is 0. The van der Waals surface area contributed by atoms with Crippen molar-refractivity contribution in [1.29, 1.82) is 0 Å². The molecular weight excluding hydrogens is 302 g/mol. The molecule has 3 aliphatic rings. The van der Waals surface area contributed by atoms with Crippen molar-refractivity contribution in [2.75, 3.05) is 6.54 Å². The molecule has 0 aliphatic heterocycles. The highest BCUT2D eigenvalue weighted by Gasteiger charge is 2.32. The Morgan fingerprint density at radius 1 is 1.17 bits per heavy atom. The zero-order valence-corrected chi connectivity index (χ0v) is 14.5. The second-order valence-electron chi connectivity index (χ2n) is 8.07. The molecule has 0 unspecified atom stereocenters. The summed E-state index contributed by atoms with van der Waals surface area (Å²) >= 11 is 0. The van der Waals surface area contributed by atoms with Crippen LogP contribution in [0.1, 0.15) is 75.1 Å². The molecule has 1 aromatic heterocycles. The van der Waals surface area contributed by atoms with Gasteiger partial charge in [-0.1, -0.05) is 12.8 Å². The second-order valence-corrected chi connectivity index (χ2v) is 8.07. The number of aryl methyl sites for hydroxylation is 2. The number of nitrogens with one attached hydrogen (secondary N) is 1. The Hall–Kier alpha value is -1.20. The summed E-state index contributed by atoms with van der Waals surface area (Å²) in [4.78, 5) is 12.4. The minimum atomic E-state index is -0.477. The summed E-state index contributed by atoms with van der Waals surface area (Å²) in [7, 11) is 0. The first-order valence-electron chi connectivity index (χ1n) is 9.70. The molecule has 0 aromatic carbocycles. The molecule has 132 valence electrons. The van der Waals surface area contributed by atoms with Crippen molar-refractivity contribution in [3.63, 3.8) is 0 Å². The molecule has 1 aromatic rings. The third kappa shape index (κ3) is 3.29. The van der Waals surface area contributed by atoms with E-state index in [9.17, 15) is 9.90 Å². The predicted octanol–water partition coefficient (Wildman–Crippen LogP) is 2.11. The van der Waals surface area contributed by atoms with Crippen LogP contribution < -0.4 is 10.9 Å². The topological polar surface area (TPSA) is 67.2 Å². The van der Waals surface area contributed by atoms with Gasteiger partial charge in [-0.05, 0) is 63.4 Å². The fourth-order valence-electron chi connectivity index (χ4n) is 4.75. The van der Waals surface area contributed by atoms with Crippen molar-refractivity contribution in [3.8, 4) is 0 Å². The van der Waals surface area contributed by atoms with E-state index in [1.54, 1.807) is 4.68 Å². The first-order valence-corrected chi connectivity index (χ1v) is 9.70. The predicted molar refractivity (Wildman–Crippen MR) is 93.2 cm³/mol.